The summed E-state index contributed by atoms with van der Waals surface area (Å²) in [5.41, 5.74) is 7.56. The fourth-order valence-electron chi connectivity index (χ4n) is 1.95. The van der Waals surface area contributed by atoms with Gasteiger partial charge < -0.3 is 10.6 Å². The summed E-state index contributed by atoms with van der Waals surface area (Å²) in [6.45, 7) is 1.20. The molecule has 3 nitrogen and oxygen atoms in total. The van der Waals surface area contributed by atoms with Gasteiger partial charge in [0.25, 0.3) is 0 Å². The van der Waals surface area contributed by atoms with E-state index in [0.717, 1.165) is 12.1 Å². The van der Waals surface area contributed by atoms with Crippen LogP contribution in [0.2, 0.25) is 0 Å². The predicted octanol–water partition coefficient (Wildman–Crippen LogP) is 2.97. The number of rotatable bonds is 8. The summed E-state index contributed by atoms with van der Waals surface area (Å²) < 4.78 is 0. The van der Waals surface area contributed by atoms with Crippen LogP contribution >= 0.6 is 0 Å². The summed E-state index contributed by atoms with van der Waals surface area (Å²) in [4.78, 5) is 6.28. The van der Waals surface area contributed by atoms with Crippen molar-refractivity contribution in [3.05, 3.63) is 29.8 Å². The van der Waals surface area contributed by atoms with Gasteiger partial charge in [0.05, 0.1) is 12.0 Å². The van der Waals surface area contributed by atoms with Gasteiger partial charge in [-0.2, -0.15) is 0 Å². The van der Waals surface area contributed by atoms with Crippen molar-refractivity contribution in [2.24, 2.45) is 10.7 Å². The first kappa shape index (κ1) is 14.7. The summed E-state index contributed by atoms with van der Waals surface area (Å²) >= 11 is 0. The second-order valence-electron chi connectivity index (χ2n) is 4.91. The Balaban J connectivity index is 2.15. The molecule has 1 aromatic carbocycles. The monoisotopic (exact) mass is 247 g/mol. The van der Waals surface area contributed by atoms with E-state index in [1.807, 2.05) is 12.1 Å². The van der Waals surface area contributed by atoms with E-state index < -0.39 is 0 Å². The lowest BCUT2D eigenvalue weighted by atomic mass is 10.1. The van der Waals surface area contributed by atoms with E-state index in [4.69, 9.17) is 5.73 Å². The Morgan fingerprint density at radius 3 is 2.33 bits per heavy atom. The van der Waals surface area contributed by atoms with Crippen molar-refractivity contribution >= 4 is 12.0 Å². The van der Waals surface area contributed by atoms with E-state index in [1.54, 1.807) is 0 Å². The predicted molar refractivity (Wildman–Crippen MR) is 79.5 cm³/mol. The summed E-state index contributed by atoms with van der Waals surface area (Å²) in [6.07, 6.45) is 7.71. The van der Waals surface area contributed by atoms with Crippen molar-refractivity contribution in [1.29, 1.82) is 0 Å². The lowest BCUT2D eigenvalue weighted by molar-refractivity contribution is 0.390. The van der Waals surface area contributed by atoms with Gasteiger partial charge in [0.2, 0.25) is 0 Å². The molecule has 0 saturated heterocycles. The molecule has 1 aromatic rings. The van der Waals surface area contributed by atoms with Gasteiger partial charge in [-0.15, -0.1) is 0 Å². The quantitative estimate of drug-likeness (QED) is 0.436. The summed E-state index contributed by atoms with van der Waals surface area (Å²) in [7, 11) is 4.26. The lowest BCUT2D eigenvalue weighted by Crippen LogP contribution is -2.12. The first-order valence-electron chi connectivity index (χ1n) is 6.70. The number of hydrogen-bond donors (Lipinski definition) is 1. The van der Waals surface area contributed by atoms with Crippen LogP contribution in [0.5, 0.6) is 0 Å². The molecule has 0 aliphatic rings. The number of nitrogens with two attached hydrogens (primary N) is 1. The highest BCUT2D eigenvalue weighted by Crippen LogP contribution is 2.14. The normalized spacial score (nSPS) is 11.5. The van der Waals surface area contributed by atoms with Crippen LogP contribution in [0.4, 0.5) is 5.69 Å². The van der Waals surface area contributed by atoms with Gasteiger partial charge >= 0.3 is 0 Å². The zero-order valence-corrected chi connectivity index (χ0v) is 11.6. The molecule has 0 radical (unpaired) electrons. The van der Waals surface area contributed by atoms with E-state index in [-0.39, 0.29) is 0 Å². The minimum Gasteiger partial charge on any atom is -0.390 e. The smallest absolute Gasteiger partial charge is 0.0860 e. The highest BCUT2D eigenvalue weighted by atomic mass is 15.0. The molecule has 0 amide bonds. The average molecular weight is 247 g/mol. The van der Waals surface area contributed by atoms with Gasteiger partial charge in [0.1, 0.15) is 0 Å². The largest absolute Gasteiger partial charge is 0.390 e. The van der Waals surface area contributed by atoms with Gasteiger partial charge in [0, 0.05) is 0 Å². The SMILES string of the molecule is CN(C)CCCCCCc1ccc(N=CN)cc1. The van der Waals surface area contributed by atoms with Gasteiger partial charge in [0.15, 0.2) is 0 Å². The molecule has 0 aliphatic heterocycles. The number of unbranched alkanes of at least 4 members (excludes halogenated alkanes) is 3. The Kier molecular flexibility index (Phi) is 7.11. The fraction of sp³-hybridized carbons (Fsp3) is 0.533. The van der Waals surface area contributed by atoms with E-state index in [9.17, 15) is 0 Å². The van der Waals surface area contributed by atoms with Crippen LogP contribution in [0.15, 0.2) is 29.3 Å². The molecule has 0 heterocycles. The second kappa shape index (κ2) is 8.70. The van der Waals surface area contributed by atoms with Gasteiger partial charge in [-0.3, -0.25) is 0 Å². The average Bonchev–Trinajstić information content (AvgIpc) is 2.35. The number of nitrogens with zero attached hydrogens (tertiary/aromatic N) is 2. The third-order valence-electron chi connectivity index (χ3n) is 2.98. The molecule has 0 bridgehead atoms. The Hall–Kier alpha value is -1.35. The summed E-state index contributed by atoms with van der Waals surface area (Å²) in [6, 6.07) is 8.32. The van der Waals surface area contributed by atoms with Crippen LogP contribution < -0.4 is 5.73 Å². The molecular formula is C15H25N3. The molecule has 0 aromatic heterocycles. The minimum atomic E-state index is 0.923. The molecule has 1 rings (SSSR count). The van der Waals surface area contributed by atoms with Crippen LogP contribution in [0, 0.1) is 0 Å². The Labute approximate surface area is 111 Å². The van der Waals surface area contributed by atoms with Crippen molar-refractivity contribution in [2.45, 2.75) is 32.1 Å². The number of aliphatic imine (C=N–C) groups is 1. The third kappa shape index (κ3) is 6.40. The van der Waals surface area contributed by atoms with E-state index in [2.05, 4.69) is 36.1 Å². The summed E-state index contributed by atoms with van der Waals surface area (Å²) in [5, 5.41) is 0. The minimum absolute atomic E-state index is 0.923. The third-order valence-corrected chi connectivity index (χ3v) is 2.98. The highest BCUT2D eigenvalue weighted by Gasteiger charge is 1.95. The first-order chi connectivity index (χ1) is 8.72. The molecule has 3 heteroatoms. The van der Waals surface area contributed by atoms with Gasteiger partial charge in [-0.25, -0.2) is 4.99 Å². The molecular weight excluding hydrogens is 222 g/mol. The number of hydrogen-bond acceptors (Lipinski definition) is 2. The van der Waals surface area contributed by atoms with Crippen LogP contribution in [0.25, 0.3) is 0 Å². The van der Waals surface area contributed by atoms with Crippen molar-refractivity contribution in [3.8, 4) is 0 Å². The van der Waals surface area contributed by atoms with Crippen molar-refractivity contribution in [3.63, 3.8) is 0 Å². The zero-order chi connectivity index (χ0) is 13.2. The summed E-state index contributed by atoms with van der Waals surface area (Å²) in [5.74, 6) is 0. The van der Waals surface area contributed by atoms with Crippen molar-refractivity contribution in [1.82, 2.24) is 4.90 Å². The van der Waals surface area contributed by atoms with Crippen molar-refractivity contribution in [2.75, 3.05) is 20.6 Å². The van der Waals surface area contributed by atoms with Crippen LogP contribution in [-0.4, -0.2) is 31.9 Å². The Bertz CT molecular complexity index is 341. The Morgan fingerprint density at radius 1 is 1.06 bits per heavy atom. The topological polar surface area (TPSA) is 41.6 Å². The number of aryl methyl sites for hydroxylation is 1. The standard InChI is InChI=1S/C15H25N3/c1-18(2)12-6-4-3-5-7-14-8-10-15(11-9-14)17-13-16/h8-11,13H,3-7,12H2,1-2H3,(H2,16,17). The molecule has 0 spiro atoms. The zero-order valence-electron chi connectivity index (χ0n) is 11.6. The van der Waals surface area contributed by atoms with E-state index >= 15 is 0 Å². The van der Waals surface area contributed by atoms with E-state index in [1.165, 1.54) is 44.1 Å². The number of benzene rings is 1. The molecule has 0 aliphatic carbocycles. The molecule has 0 atom stereocenters. The van der Waals surface area contributed by atoms with Crippen molar-refractivity contribution < 1.29 is 0 Å². The molecule has 100 valence electrons. The molecule has 0 unspecified atom stereocenters. The lowest BCUT2D eigenvalue weighted by Gasteiger charge is -2.08. The first-order valence-corrected chi connectivity index (χ1v) is 6.70. The molecule has 2 N–H and O–H groups in total. The van der Waals surface area contributed by atoms with E-state index in [0.29, 0.717) is 0 Å². The molecule has 0 saturated carbocycles. The second-order valence-corrected chi connectivity index (χ2v) is 4.91. The van der Waals surface area contributed by atoms with Crippen LogP contribution in [-0.2, 0) is 6.42 Å². The maximum Gasteiger partial charge on any atom is 0.0860 e. The molecule has 0 fully saturated rings. The highest BCUT2D eigenvalue weighted by molar-refractivity contribution is 5.58. The van der Waals surface area contributed by atoms with Gasteiger partial charge in [-0.05, 0) is 57.6 Å². The maximum absolute atomic E-state index is 5.25. The van der Waals surface area contributed by atoms with Crippen LogP contribution in [0.3, 0.4) is 0 Å². The molecule has 18 heavy (non-hydrogen) atoms. The maximum atomic E-state index is 5.25. The Morgan fingerprint density at radius 2 is 1.72 bits per heavy atom. The fourth-order valence-corrected chi connectivity index (χ4v) is 1.95. The van der Waals surface area contributed by atoms with Crippen LogP contribution in [0.1, 0.15) is 31.2 Å². The van der Waals surface area contributed by atoms with Gasteiger partial charge in [-0.1, -0.05) is 25.0 Å².